The molecular weight excluding hydrogens is 788 g/mol. The van der Waals surface area contributed by atoms with Crippen LogP contribution in [0.2, 0.25) is 10.2 Å². The van der Waals surface area contributed by atoms with Gasteiger partial charge in [-0.15, -0.1) is 0 Å². The highest BCUT2D eigenvalue weighted by atomic mass is 35.5. The summed E-state index contributed by atoms with van der Waals surface area (Å²) in [4.78, 5) is 42.2. The Kier molecular flexibility index (Phi) is 10.4. The molecule has 2 aliphatic heterocycles. The number of amides is 2. The SMILES string of the molecule is CC1(C)CCC2(CC1)N([C@H](c1ccccc1)[C@@H](O)c1ccccc1)[C@@H](C(=O)NC1CCC(c3ncn[nH]3)CC1)[C@H](c1ccnc(Cl)c1F)[C@]21C(=O)Nc2cc(Cl)ccc21. The van der Waals surface area contributed by atoms with Crippen LogP contribution in [0.1, 0.15) is 117 Å². The number of aromatic amines is 1. The molecule has 4 N–H and O–H groups in total. The number of nitrogens with one attached hydrogen (secondary N) is 3. The Bertz CT molecular complexity index is 2330. The first-order chi connectivity index (χ1) is 28.4. The van der Waals surface area contributed by atoms with Crippen LogP contribution in [0, 0.1) is 11.2 Å². The second-order valence-corrected chi connectivity index (χ2v) is 18.4. The Morgan fingerprint density at radius 3 is 2.25 bits per heavy atom. The van der Waals surface area contributed by atoms with Crippen LogP contribution in [-0.4, -0.2) is 59.6 Å². The number of likely N-dealkylation sites (tertiary alicyclic amines) is 1. The van der Waals surface area contributed by atoms with Gasteiger partial charge in [-0.2, -0.15) is 5.10 Å². The van der Waals surface area contributed by atoms with E-state index in [-0.39, 0.29) is 39.9 Å². The molecule has 2 aromatic heterocycles. The van der Waals surface area contributed by atoms with Crippen molar-refractivity contribution in [1.82, 2.24) is 30.4 Å². The number of hydrogen-bond acceptors (Lipinski definition) is 7. The number of carbonyl (C=O) groups is 2. The van der Waals surface area contributed by atoms with E-state index in [1.807, 2.05) is 66.7 Å². The number of aliphatic hydroxyl groups excluding tert-OH is 1. The first-order valence-electron chi connectivity index (χ1n) is 20.6. The van der Waals surface area contributed by atoms with E-state index < -0.39 is 40.9 Å². The monoisotopic (exact) mass is 835 g/mol. The number of carbonyl (C=O) groups excluding carboxylic acids is 2. The molecule has 2 amide bonds. The molecule has 306 valence electrons. The van der Waals surface area contributed by atoms with Gasteiger partial charge in [-0.05, 0) is 97.2 Å². The lowest BCUT2D eigenvalue weighted by Gasteiger charge is -2.56. The third kappa shape index (κ3) is 6.56. The third-order valence-electron chi connectivity index (χ3n) is 14.0. The molecular formula is C46H48Cl2FN7O3. The standard InChI is InChI=1S/C46H48Cl2FN7O3/c1-44(2)20-22-45(23-21-44)46(33-18-15-30(47)25-34(33)54-43(46)59)35(32-19-24-50-40(48)36(32)49)38(42(58)53-31-16-13-29(14-17-31)41-51-26-52-55-41)56(45)37(27-9-5-3-6-10-27)39(57)28-11-7-4-8-12-28/h3-12,15,18-19,24-26,29,31,35,37-39,57H,13-14,16-17,20-23H2,1-2H3,(H,53,58)(H,54,59)(H,51,52,55)/t29?,31?,35-,37+,38+,39-,46+/m0/s1. The number of pyridine rings is 1. The molecule has 3 fully saturated rings. The van der Waals surface area contributed by atoms with Crippen LogP contribution in [0.4, 0.5) is 10.1 Å². The van der Waals surface area contributed by atoms with Crippen molar-refractivity contribution in [1.29, 1.82) is 0 Å². The van der Waals surface area contributed by atoms with E-state index in [0.717, 1.165) is 24.2 Å². The van der Waals surface area contributed by atoms with Crippen molar-refractivity contribution in [2.75, 3.05) is 5.32 Å². The molecule has 10 nitrogen and oxygen atoms in total. The van der Waals surface area contributed by atoms with Crippen molar-refractivity contribution >= 4 is 40.7 Å². The topological polar surface area (TPSA) is 136 Å². The number of aromatic nitrogens is 4. The zero-order valence-electron chi connectivity index (χ0n) is 33.0. The molecule has 0 bridgehead atoms. The van der Waals surface area contributed by atoms with Gasteiger partial charge in [-0.25, -0.2) is 14.4 Å². The number of rotatable bonds is 8. The molecule has 1 saturated heterocycles. The fraction of sp³-hybridized carbons (Fsp3) is 0.413. The van der Waals surface area contributed by atoms with Crippen molar-refractivity contribution in [3.63, 3.8) is 0 Å². The molecule has 2 saturated carbocycles. The summed E-state index contributed by atoms with van der Waals surface area (Å²) in [7, 11) is 0. The molecule has 4 heterocycles. The Morgan fingerprint density at radius 1 is 0.915 bits per heavy atom. The van der Waals surface area contributed by atoms with E-state index in [4.69, 9.17) is 23.2 Å². The molecule has 5 atom stereocenters. The lowest BCUT2D eigenvalue weighted by atomic mass is 9.53. The maximum absolute atomic E-state index is 17.1. The van der Waals surface area contributed by atoms with Gasteiger partial charge in [0.2, 0.25) is 11.8 Å². The second-order valence-electron chi connectivity index (χ2n) is 17.6. The molecule has 5 aromatic rings. The van der Waals surface area contributed by atoms with Crippen molar-refractivity contribution in [2.45, 2.75) is 112 Å². The summed E-state index contributed by atoms with van der Waals surface area (Å²) in [5.74, 6) is -1.58. The highest BCUT2D eigenvalue weighted by Crippen LogP contribution is 2.70. The Labute approximate surface area is 353 Å². The Hall–Kier alpha value is -4.68. The van der Waals surface area contributed by atoms with Gasteiger partial charge < -0.3 is 15.7 Å². The highest BCUT2D eigenvalue weighted by molar-refractivity contribution is 6.31. The van der Waals surface area contributed by atoms with Crippen molar-refractivity contribution in [2.24, 2.45) is 5.41 Å². The molecule has 0 radical (unpaired) electrons. The van der Waals surface area contributed by atoms with Gasteiger partial charge in [0, 0.05) is 40.3 Å². The van der Waals surface area contributed by atoms with Gasteiger partial charge in [0.25, 0.3) is 0 Å². The van der Waals surface area contributed by atoms with E-state index in [2.05, 4.69) is 49.5 Å². The summed E-state index contributed by atoms with van der Waals surface area (Å²) in [6.07, 6.45) is 7.09. The van der Waals surface area contributed by atoms with Crippen LogP contribution < -0.4 is 10.6 Å². The van der Waals surface area contributed by atoms with E-state index >= 15 is 14.0 Å². The quantitative estimate of drug-likeness (QED) is 0.115. The van der Waals surface area contributed by atoms with Crippen LogP contribution in [0.5, 0.6) is 0 Å². The number of fused-ring (bicyclic) bond motifs is 3. The lowest BCUT2D eigenvalue weighted by molar-refractivity contribution is -0.137. The lowest BCUT2D eigenvalue weighted by Crippen LogP contribution is -2.64. The molecule has 2 spiro atoms. The molecule has 59 heavy (non-hydrogen) atoms. The molecule has 9 rings (SSSR count). The number of aliphatic hydroxyl groups is 1. The van der Waals surface area contributed by atoms with Gasteiger partial charge in [0.1, 0.15) is 17.6 Å². The van der Waals surface area contributed by atoms with E-state index in [1.165, 1.54) is 12.5 Å². The predicted octanol–water partition coefficient (Wildman–Crippen LogP) is 8.96. The predicted molar refractivity (Wildman–Crippen MR) is 224 cm³/mol. The minimum absolute atomic E-state index is 0.0977. The zero-order chi connectivity index (χ0) is 41.1. The molecule has 0 unspecified atom stereocenters. The maximum Gasteiger partial charge on any atom is 0.238 e. The molecule has 4 aliphatic rings. The number of halogens is 3. The summed E-state index contributed by atoms with van der Waals surface area (Å²) in [5.41, 5.74) is -0.107. The number of hydrogen-bond donors (Lipinski definition) is 4. The largest absolute Gasteiger partial charge is 0.386 e. The minimum atomic E-state index is -1.55. The van der Waals surface area contributed by atoms with Crippen LogP contribution in [0.3, 0.4) is 0 Å². The Balaban J connectivity index is 1.31. The summed E-state index contributed by atoms with van der Waals surface area (Å²) < 4.78 is 17.1. The van der Waals surface area contributed by atoms with Gasteiger partial charge in [0.05, 0.1) is 18.2 Å². The fourth-order valence-electron chi connectivity index (χ4n) is 11.2. The zero-order valence-corrected chi connectivity index (χ0v) is 34.6. The summed E-state index contributed by atoms with van der Waals surface area (Å²) in [6, 6.07) is 23.8. The van der Waals surface area contributed by atoms with E-state index in [9.17, 15) is 5.11 Å². The smallest absolute Gasteiger partial charge is 0.238 e. The molecule has 13 heteroatoms. The van der Waals surface area contributed by atoms with Gasteiger partial charge in [-0.3, -0.25) is 19.6 Å². The van der Waals surface area contributed by atoms with Crippen molar-refractivity contribution in [3.8, 4) is 0 Å². The van der Waals surface area contributed by atoms with Crippen molar-refractivity contribution < 1.29 is 19.1 Å². The minimum Gasteiger partial charge on any atom is -0.386 e. The average Bonchev–Trinajstić information content (AvgIpc) is 3.94. The third-order valence-corrected chi connectivity index (χ3v) is 14.5. The van der Waals surface area contributed by atoms with E-state index in [0.29, 0.717) is 60.4 Å². The number of H-pyrrole nitrogens is 1. The van der Waals surface area contributed by atoms with Crippen LogP contribution in [0.25, 0.3) is 0 Å². The molecule has 2 aliphatic carbocycles. The normalized spacial score (nSPS) is 27.0. The fourth-order valence-corrected chi connectivity index (χ4v) is 11.5. The Morgan fingerprint density at radius 2 is 1.59 bits per heavy atom. The summed E-state index contributed by atoms with van der Waals surface area (Å²) in [6.45, 7) is 4.45. The molecule has 3 aromatic carbocycles. The first-order valence-corrected chi connectivity index (χ1v) is 21.3. The van der Waals surface area contributed by atoms with Gasteiger partial charge in [0.15, 0.2) is 11.0 Å². The van der Waals surface area contributed by atoms with Crippen LogP contribution >= 0.6 is 23.2 Å². The average molecular weight is 837 g/mol. The first kappa shape index (κ1) is 39.8. The maximum atomic E-state index is 17.1. The number of nitrogens with zero attached hydrogens (tertiary/aromatic N) is 4. The summed E-state index contributed by atoms with van der Waals surface area (Å²) >= 11 is 13.2. The van der Waals surface area contributed by atoms with Crippen molar-refractivity contribution in [3.05, 3.63) is 142 Å². The van der Waals surface area contributed by atoms with Crippen LogP contribution in [-0.2, 0) is 15.0 Å². The number of anilines is 1. The van der Waals surface area contributed by atoms with E-state index in [1.54, 1.807) is 18.2 Å². The second kappa shape index (κ2) is 15.4. The number of benzene rings is 3. The highest BCUT2D eigenvalue weighted by Gasteiger charge is 2.77. The summed E-state index contributed by atoms with van der Waals surface area (Å²) in [5, 5.41) is 26.7. The van der Waals surface area contributed by atoms with Gasteiger partial charge >= 0.3 is 0 Å². The van der Waals surface area contributed by atoms with Gasteiger partial charge in [-0.1, -0.05) is 104 Å². The van der Waals surface area contributed by atoms with Crippen LogP contribution in [0.15, 0.2) is 97.5 Å².